The first kappa shape index (κ1) is 11.1. The fourth-order valence-corrected chi connectivity index (χ4v) is 2.65. The van der Waals surface area contributed by atoms with Crippen LogP contribution in [0.4, 0.5) is 0 Å². The summed E-state index contributed by atoms with van der Waals surface area (Å²) in [5, 5.41) is 0. The number of allylic oxidation sites excluding steroid dienone is 3. The first-order valence-electron chi connectivity index (χ1n) is 5.95. The second-order valence-electron chi connectivity index (χ2n) is 4.62. The van der Waals surface area contributed by atoms with E-state index in [9.17, 15) is 0 Å². The Morgan fingerprint density at radius 3 is 3.06 bits per heavy atom. The average Bonchev–Trinajstić information content (AvgIpc) is 2.53. The lowest BCUT2D eigenvalue weighted by atomic mass is 9.69. The third-order valence-corrected chi connectivity index (χ3v) is 3.67. The van der Waals surface area contributed by atoms with E-state index in [1.54, 1.807) is 6.26 Å². The monoisotopic (exact) mass is 233 g/mol. The van der Waals surface area contributed by atoms with Crippen molar-refractivity contribution in [3.05, 3.63) is 34.5 Å². The van der Waals surface area contributed by atoms with Crippen LogP contribution in [0, 0.1) is 0 Å². The predicted molar refractivity (Wildman–Crippen MR) is 65.0 cm³/mol. The van der Waals surface area contributed by atoms with Gasteiger partial charge in [0.2, 0.25) is 0 Å². The van der Waals surface area contributed by atoms with Crippen molar-refractivity contribution >= 4 is 7.12 Å². The maximum atomic E-state index is 5.88. The summed E-state index contributed by atoms with van der Waals surface area (Å²) in [4.78, 5) is 0. The zero-order valence-corrected chi connectivity index (χ0v) is 10.1. The van der Waals surface area contributed by atoms with E-state index in [0.717, 1.165) is 11.0 Å². The first-order valence-corrected chi connectivity index (χ1v) is 5.95. The van der Waals surface area contributed by atoms with Crippen molar-refractivity contribution < 1.29 is 14.0 Å². The molecule has 2 unspecified atom stereocenters. The average molecular weight is 233 g/mol. The van der Waals surface area contributed by atoms with Gasteiger partial charge in [-0.05, 0) is 42.1 Å². The molecule has 0 amide bonds. The van der Waals surface area contributed by atoms with E-state index in [2.05, 4.69) is 6.92 Å². The summed E-state index contributed by atoms with van der Waals surface area (Å²) in [6.45, 7) is 5.15. The van der Waals surface area contributed by atoms with Gasteiger partial charge in [0.05, 0.1) is 18.5 Å². The molecular formula is C12H16BNO3. The summed E-state index contributed by atoms with van der Waals surface area (Å²) in [6, 6.07) is 0. The minimum atomic E-state index is -0.279. The van der Waals surface area contributed by atoms with E-state index >= 15 is 0 Å². The molecule has 0 aliphatic carbocycles. The van der Waals surface area contributed by atoms with Crippen LogP contribution in [0.15, 0.2) is 34.5 Å². The largest absolute Gasteiger partial charge is 0.497 e. The van der Waals surface area contributed by atoms with Crippen LogP contribution in [-0.2, 0) is 14.0 Å². The van der Waals surface area contributed by atoms with Crippen molar-refractivity contribution in [2.45, 2.75) is 26.1 Å². The van der Waals surface area contributed by atoms with Gasteiger partial charge in [-0.25, -0.2) is 0 Å². The van der Waals surface area contributed by atoms with Crippen LogP contribution in [-0.4, -0.2) is 32.5 Å². The van der Waals surface area contributed by atoms with Crippen LogP contribution in [0.5, 0.6) is 0 Å². The molecule has 0 aromatic carbocycles. The molecule has 2 N–H and O–H groups in total. The third-order valence-electron chi connectivity index (χ3n) is 3.67. The Morgan fingerprint density at radius 2 is 2.29 bits per heavy atom. The van der Waals surface area contributed by atoms with Gasteiger partial charge in [0.15, 0.2) is 0 Å². The zero-order valence-electron chi connectivity index (χ0n) is 10.1. The molecule has 0 fully saturated rings. The molecule has 3 aliphatic rings. The fourth-order valence-electron chi connectivity index (χ4n) is 2.65. The van der Waals surface area contributed by atoms with Gasteiger partial charge in [-0.15, -0.1) is 0 Å². The summed E-state index contributed by atoms with van der Waals surface area (Å²) < 4.78 is 17.2. The molecule has 5 heteroatoms. The van der Waals surface area contributed by atoms with Crippen molar-refractivity contribution in [2.75, 3.05) is 13.2 Å². The van der Waals surface area contributed by atoms with Gasteiger partial charge >= 0.3 is 7.12 Å². The van der Waals surface area contributed by atoms with E-state index in [1.807, 2.05) is 13.0 Å². The lowest BCUT2D eigenvalue weighted by Gasteiger charge is -2.28. The molecule has 4 nitrogen and oxygen atoms in total. The molecule has 0 bridgehead atoms. The molecule has 0 aromatic rings. The highest BCUT2D eigenvalue weighted by Gasteiger charge is 2.45. The molecule has 3 aliphatic heterocycles. The SMILES string of the molecule is CC1=C2C=COCC3=C2B(OC3C)OC1CN. The molecule has 3 rings (SSSR count). The van der Waals surface area contributed by atoms with Crippen molar-refractivity contribution in [1.82, 2.24) is 0 Å². The number of rotatable bonds is 1. The van der Waals surface area contributed by atoms with Crippen molar-refractivity contribution in [3.8, 4) is 0 Å². The van der Waals surface area contributed by atoms with Gasteiger partial charge in [-0.3, -0.25) is 0 Å². The zero-order chi connectivity index (χ0) is 12.0. The minimum Gasteiger partial charge on any atom is -0.497 e. The molecule has 0 saturated carbocycles. The summed E-state index contributed by atoms with van der Waals surface area (Å²) in [5.74, 6) is 0. The van der Waals surface area contributed by atoms with Gasteiger partial charge in [-0.2, -0.15) is 0 Å². The Labute approximate surface area is 101 Å². The van der Waals surface area contributed by atoms with Crippen LogP contribution < -0.4 is 5.73 Å². The van der Waals surface area contributed by atoms with Crippen molar-refractivity contribution in [3.63, 3.8) is 0 Å². The summed E-state index contributed by atoms with van der Waals surface area (Å²) in [7, 11) is -0.279. The summed E-state index contributed by atoms with van der Waals surface area (Å²) in [5.41, 5.74) is 10.4. The first-order chi connectivity index (χ1) is 8.22. The normalized spacial score (nSPS) is 31.6. The van der Waals surface area contributed by atoms with E-state index < -0.39 is 0 Å². The Hall–Kier alpha value is -1.04. The van der Waals surface area contributed by atoms with E-state index in [4.69, 9.17) is 19.8 Å². The van der Waals surface area contributed by atoms with Gasteiger partial charge in [0, 0.05) is 6.54 Å². The van der Waals surface area contributed by atoms with Crippen LogP contribution in [0.3, 0.4) is 0 Å². The second-order valence-corrected chi connectivity index (χ2v) is 4.62. The Morgan fingerprint density at radius 1 is 1.47 bits per heavy atom. The smallest absolute Gasteiger partial charge is 0.495 e. The summed E-state index contributed by atoms with van der Waals surface area (Å²) in [6.07, 6.45) is 3.74. The molecule has 90 valence electrons. The highest BCUT2D eigenvalue weighted by Crippen LogP contribution is 2.39. The van der Waals surface area contributed by atoms with Gasteiger partial charge in [-0.1, -0.05) is 0 Å². The quantitative estimate of drug-likeness (QED) is 0.685. The third kappa shape index (κ3) is 1.57. The molecule has 0 spiro atoms. The lowest BCUT2D eigenvalue weighted by Crippen LogP contribution is -2.39. The minimum absolute atomic E-state index is 0.0502. The predicted octanol–water partition coefficient (Wildman–Crippen LogP) is 0.947. The highest BCUT2D eigenvalue weighted by molar-refractivity contribution is 6.57. The number of ether oxygens (including phenoxy) is 1. The Balaban J connectivity index is 2.14. The maximum Gasteiger partial charge on any atom is 0.495 e. The highest BCUT2D eigenvalue weighted by atomic mass is 16.6. The lowest BCUT2D eigenvalue weighted by molar-refractivity contribution is 0.146. The van der Waals surface area contributed by atoms with Crippen molar-refractivity contribution in [1.29, 1.82) is 0 Å². The molecule has 0 radical (unpaired) electrons. The number of nitrogens with two attached hydrogens (primary N) is 1. The standard InChI is InChI=1S/C12H16BNO3/c1-7-9-3-4-15-6-10-8(2)16-13(12(9)10)17-11(7)5-14/h3-4,8,11H,5-6,14H2,1-2H3. The molecule has 0 aromatic heterocycles. The molecule has 0 saturated heterocycles. The van der Waals surface area contributed by atoms with Crippen LogP contribution in [0.1, 0.15) is 13.8 Å². The van der Waals surface area contributed by atoms with Crippen LogP contribution in [0.2, 0.25) is 0 Å². The van der Waals surface area contributed by atoms with E-state index in [1.165, 1.54) is 11.1 Å². The number of hydrogen-bond acceptors (Lipinski definition) is 4. The molecular weight excluding hydrogens is 217 g/mol. The van der Waals surface area contributed by atoms with E-state index in [0.29, 0.717) is 13.2 Å². The van der Waals surface area contributed by atoms with Gasteiger partial charge in [0.1, 0.15) is 6.61 Å². The van der Waals surface area contributed by atoms with Gasteiger partial charge in [0.25, 0.3) is 0 Å². The topological polar surface area (TPSA) is 53.7 Å². The Kier molecular flexibility index (Phi) is 2.62. The Bertz CT molecular complexity index is 441. The molecule has 17 heavy (non-hydrogen) atoms. The molecule has 2 atom stereocenters. The van der Waals surface area contributed by atoms with Crippen LogP contribution in [0.25, 0.3) is 0 Å². The second kappa shape index (κ2) is 4.01. The fraction of sp³-hybridized carbons (Fsp3) is 0.500. The van der Waals surface area contributed by atoms with Crippen molar-refractivity contribution in [2.24, 2.45) is 5.73 Å². The van der Waals surface area contributed by atoms with Crippen LogP contribution >= 0.6 is 0 Å². The molecule has 3 heterocycles. The number of hydrogen-bond donors (Lipinski definition) is 1. The van der Waals surface area contributed by atoms with E-state index in [-0.39, 0.29) is 19.3 Å². The summed E-state index contributed by atoms with van der Waals surface area (Å²) >= 11 is 0. The maximum absolute atomic E-state index is 5.88. The van der Waals surface area contributed by atoms with Gasteiger partial charge < -0.3 is 19.8 Å².